The van der Waals surface area contributed by atoms with E-state index < -0.39 is 27.8 Å². The molecule has 21 heavy (non-hydrogen) atoms. The van der Waals surface area contributed by atoms with Crippen molar-refractivity contribution in [2.75, 3.05) is 26.0 Å². The topological polar surface area (TPSA) is 101 Å². The molecule has 0 spiro atoms. The molecule has 1 aliphatic heterocycles. The van der Waals surface area contributed by atoms with Crippen LogP contribution in [0.4, 0.5) is 0 Å². The minimum atomic E-state index is -3.40. The minimum absolute atomic E-state index is 0.0522. The molecule has 1 aromatic carbocycles. The maximum Gasteiger partial charge on any atom is 0.334 e. The Balaban J connectivity index is 2.22. The number of hydrogen-bond acceptors (Lipinski definition) is 5. The summed E-state index contributed by atoms with van der Waals surface area (Å²) in [5, 5.41) is 8.92. The molecule has 0 bridgehead atoms. The number of morpholine rings is 1. The van der Waals surface area contributed by atoms with Gasteiger partial charge in [-0.3, -0.25) is 4.79 Å². The number of nitrogens with zero attached hydrogens (tertiary/aromatic N) is 1. The summed E-state index contributed by atoms with van der Waals surface area (Å²) in [5.41, 5.74) is 0.212. The molecular weight excluding hydrogens is 298 g/mol. The van der Waals surface area contributed by atoms with Crippen molar-refractivity contribution in [2.24, 2.45) is 0 Å². The molecule has 0 radical (unpaired) electrons. The number of ether oxygens (including phenoxy) is 1. The van der Waals surface area contributed by atoms with Gasteiger partial charge in [-0.2, -0.15) is 0 Å². The van der Waals surface area contributed by atoms with Crippen LogP contribution in [0.15, 0.2) is 29.2 Å². The average Bonchev–Trinajstić information content (AvgIpc) is 2.46. The van der Waals surface area contributed by atoms with Crippen LogP contribution < -0.4 is 0 Å². The molecule has 1 heterocycles. The predicted octanol–water partition coefficient (Wildman–Crippen LogP) is 0.0157. The fraction of sp³-hybridized carbons (Fsp3) is 0.385. The highest BCUT2D eigenvalue weighted by Crippen LogP contribution is 2.15. The summed E-state index contributed by atoms with van der Waals surface area (Å²) in [7, 11) is -3.40. The lowest BCUT2D eigenvalue weighted by Gasteiger charge is -2.31. The fourth-order valence-electron chi connectivity index (χ4n) is 2.03. The molecule has 1 saturated heterocycles. The molecule has 7 nitrogen and oxygen atoms in total. The normalized spacial score (nSPS) is 19.3. The molecule has 2 rings (SSSR count). The maximum absolute atomic E-state index is 12.3. The van der Waals surface area contributed by atoms with E-state index in [1.165, 1.54) is 29.2 Å². The van der Waals surface area contributed by atoms with Gasteiger partial charge in [-0.1, -0.05) is 6.07 Å². The van der Waals surface area contributed by atoms with Gasteiger partial charge in [0, 0.05) is 18.4 Å². The lowest BCUT2D eigenvalue weighted by atomic mass is 10.1. The number of carbonyl (C=O) groups excluding carboxylic acids is 1. The molecule has 1 N–H and O–H groups in total. The van der Waals surface area contributed by atoms with E-state index in [4.69, 9.17) is 9.84 Å². The summed E-state index contributed by atoms with van der Waals surface area (Å²) in [5.74, 6) is -1.53. The third-order valence-corrected chi connectivity index (χ3v) is 4.25. The van der Waals surface area contributed by atoms with Crippen LogP contribution in [0.3, 0.4) is 0 Å². The van der Waals surface area contributed by atoms with Crippen molar-refractivity contribution in [1.29, 1.82) is 0 Å². The lowest BCUT2D eigenvalue weighted by Crippen LogP contribution is -2.48. The van der Waals surface area contributed by atoms with E-state index in [-0.39, 0.29) is 30.2 Å². The van der Waals surface area contributed by atoms with Crippen LogP contribution in [0.2, 0.25) is 0 Å². The van der Waals surface area contributed by atoms with E-state index in [0.29, 0.717) is 0 Å². The van der Waals surface area contributed by atoms with Crippen LogP contribution >= 0.6 is 0 Å². The van der Waals surface area contributed by atoms with Gasteiger partial charge in [0.1, 0.15) is 0 Å². The first-order chi connectivity index (χ1) is 9.79. The first-order valence-corrected chi connectivity index (χ1v) is 8.12. The Morgan fingerprint density at radius 3 is 2.71 bits per heavy atom. The number of benzene rings is 1. The number of carboxylic acid groups (broad SMARTS) is 1. The number of aliphatic carboxylic acids is 1. The van der Waals surface area contributed by atoms with E-state index in [9.17, 15) is 18.0 Å². The number of hydrogen-bond donors (Lipinski definition) is 1. The molecule has 1 aliphatic rings. The molecule has 1 atom stereocenters. The number of amides is 1. The second-order valence-corrected chi connectivity index (χ2v) is 6.76. The number of carbonyl (C=O) groups is 2. The number of sulfone groups is 1. The second-order valence-electron chi connectivity index (χ2n) is 4.75. The Labute approximate surface area is 122 Å². The SMILES string of the molecule is CS(=O)(=O)c1cccc(C(=O)N2CCOC(C(=O)O)C2)c1. The van der Waals surface area contributed by atoms with Crippen LogP contribution in [0.25, 0.3) is 0 Å². The molecule has 8 heteroatoms. The van der Waals surface area contributed by atoms with Gasteiger partial charge in [0.25, 0.3) is 5.91 Å². The second kappa shape index (κ2) is 5.82. The zero-order chi connectivity index (χ0) is 15.6. The molecule has 0 aliphatic carbocycles. The van der Waals surface area contributed by atoms with Crippen molar-refractivity contribution >= 4 is 21.7 Å². The van der Waals surface area contributed by atoms with Gasteiger partial charge in [0.05, 0.1) is 18.0 Å². The smallest absolute Gasteiger partial charge is 0.334 e. The average molecular weight is 313 g/mol. The summed E-state index contributed by atoms with van der Waals surface area (Å²) < 4.78 is 28.0. The van der Waals surface area contributed by atoms with E-state index >= 15 is 0 Å². The molecule has 1 unspecified atom stereocenters. The number of carboxylic acids is 1. The maximum atomic E-state index is 12.3. The quantitative estimate of drug-likeness (QED) is 0.844. The molecule has 0 saturated carbocycles. The third-order valence-electron chi connectivity index (χ3n) is 3.14. The molecule has 1 amide bonds. The highest BCUT2D eigenvalue weighted by molar-refractivity contribution is 7.90. The first-order valence-electron chi connectivity index (χ1n) is 6.23. The third kappa shape index (κ3) is 3.59. The van der Waals surface area contributed by atoms with Crippen molar-refractivity contribution in [2.45, 2.75) is 11.0 Å². The molecule has 1 aromatic rings. The standard InChI is InChI=1S/C13H15NO6S/c1-21(18,19)10-4-2-3-9(7-10)12(15)14-5-6-20-11(8-14)13(16)17/h2-4,7,11H,5-6,8H2,1H3,(H,16,17). The number of rotatable bonds is 3. The zero-order valence-electron chi connectivity index (χ0n) is 11.4. The van der Waals surface area contributed by atoms with Gasteiger partial charge in [-0.25, -0.2) is 13.2 Å². The Morgan fingerprint density at radius 1 is 1.38 bits per heavy atom. The van der Waals surface area contributed by atoms with Crippen molar-refractivity contribution < 1.29 is 27.9 Å². The minimum Gasteiger partial charge on any atom is -0.479 e. The lowest BCUT2D eigenvalue weighted by molar-refractivity contribution is -0.154. The van der Waals surface area contributed by atoms with Crippen molar-refractivity contribution in [3.05, 3.63) is 29.8 Å². The Kier molecular flexibility index (Phi) is 4.29. The van der Waals surface area contributed by atoms with Crippen LogP contribution in [0.1, 0.15) is 10.4 Å². The van der Waals surface area contributed by atoms with Gasteiger partial charge >= 0.3 is 5.97 Å². The monoisotopic (exact) mass is 313 g/mol. The van der Waals surface area contributed by atoms with Gasteiger partial charge in [0.2, 0.25) is 0 Å². The summed E-state index contributed by atoms with van der Waals surface area (Å²) in [6.07, 6.45) is 0.00647. The van der Waals surface area contributed by atoms with Crippen LogP contribution in [0.5, 0.6) is 0 Å². The first kappa shape index (κ1) is 15.5. The van der Waals surface area contributed by atoms with Crippen LogP contribution in [-0.2, 0) is 19.4 Å². The van der Waals surface area contributed by atoms with E-state index in [0.717, 1.165) is 6.26 Å². The Hall–Kier alpha value is -1.93. The van der Waals surface area contributed by atoms with E-state index in [1.807, 2.05) is 0 Å². The van der Waals surface area contributed by atoms with Gasteiger partial charge in [-0.05, 0) is 18.2 Å². The zero-order valence-corrected chi connectivity index (χ0v) is 12.2. The van der Waals surface area contributed by atoms with Crippen LogP contribution in [0, 0.1) is 0 Å². The van der Waals surface area contributed by atoms with Gasteiger partial charge in [0.15, 0.2) is 15.9 Å². The molecule has 114 valence electrons. The predicted molar refractivity (Wildman–Crippen MR) is 72.8 cm³/mol. The molecule has 1 fully saturated rings. The Morgan fingerprint density at radius 2 is 2.10 bits per heavy atom. The van der Waals surface area contributed by atoms with Crippen molar-refractivity contribution in [1.82, 2.24) is 4.90 Å². The van der Waals surface area contributed by atoms with Crippen molar-refractivity contribution in [3.63, 3.8) is 0 Å². The highest BCUT2D eigenvalue weighted by atomic mass is 32.2. The van der Waals surface area contributed by atoms with E-state index in [1.54, 1.807) is 0 Å². The van der Waals surface area contributed by atoms with E-state index in [2.05, 4.69) is 0 Å². The Bertz CT molecular complexity index is 669. The van der Waals surface area contributed by atoms with Gasteiger partial charge < -0.3 is 14.7 Å². The largest absolute Gasteiger partial charge is 0.479 e. The van der Waals surface area contributed by atoms with Gasteiger partial charge in [-0.15, -0.1) is 0 Å². The summed E-state index contributed by atoms with van der Waals surface area (Å²) in [4.78, 5) is 24.6. The fourth-order valence-corrected chi connectivity index (χ4v) is 2.69. The molecule has 0 aromatic heterocycles. The van der Waals surface area contributed by atoms with Crippen LogP contribution in [-0.4, -0.2) is 62.4 Å². The highest BCUT2D eigenvalue weighted by Gasteiger charge is 2.29. The summed E-state index contributed by atoms with van der Waals surface area (Å²) >= 11 is 0. The molecular formula is C13H15NO6S. The van der Waals surface area contributed by atoms with Crippen molar-refractivity contribution in [3.8, 4) is 0 Å². The summed E-state index contributed by atoms with van der Waals surface area (Å²) in [6, 6.07) is 5.69. The summed E-state index contributed by atoms with van der Waals surface area (Å²) in [6.45, 7) is 0.345.